The van der Waals surface area contributed by atoms with Gasteiger partial charge in [-0.3, -0.25) is 5.41 Å². The van der Waals surface area contributed by atoms with Crippen molar-refractivity contribution in [2.45, 2.75) is 6.92 Å². The van der Waals surface area contributed by atoms with Crippen LogP contribution in [0, 0.1) is 5.41 Å². The summed E-state index contributed by atoms with van der Waals surface area (Å²) in [4.78, 5) is 0. The Morgan fingerprint density at radius 3 is 2.43 bits per heavy atom. The molecule has 5 heteroatoms. The van der Waals surface area contributed by atoms with Crippen molar-refractivity contribution in [3.63, 3.8) is 0 Å². The highest BCUT2D eigenvalue weighted by Gasteiger charge is 1.97. The molecule has 2 N–H and O–H groups in total. The van der Waals surface area contributed by atoms with E-state index in [1.807, 2.05) is 0 Å². The van der Waals surface area contributed by atoms with Gasteiger partial charge in [-0.05, 0) is 6.92 Å². The Hall–Kier alpha value is -0.260. The van der Waals surface area contributed by atoms with Crippen LogP contribution in [-0.2, 0) is 15.4 Å². The van der Waals surface area contributed by atoms with Crippen molar-refractivity contribution >= 4 is 16.1 Å². The molecule has 0 aromatic carbocycles. The van der Waals surface area contributed by atoms with Crippen LogP contribution in [0.15, 0.2) is 0 Å². The first-order valence-corrected chi connectivity index (χ1v) is 2.54. The van der Waals surface area contributed by atoms with E-state index in [0.717, 1.165) is 0 Å². The van der Waals surface area contributed by atoms with Gasteiger partial charge >= 0.3 is 0 Å². The Balaban J connectivity index is 3.58. The third-order valence-electron chi connectivity index (χ3n) is 0.318. The molecule has 0 aliphatic rings. The van der Waals surface area contributed by atoms with Gasteiger partial charge in [0.25, 0.3) is 0 Å². The summed E-state index contributed by atoms with van der Waals surface area (Å²) in [6.07, 6.45) is 0. The van der Waals surface area contributed by atoms with E-state index in [-0.39, 0.29) is 5.04 Å². The second kappa shape index (κ2) is 2.84. The molecule has 7 heavy (non-hydrogen) atoms. The van der Waals surface area contributed by atoms with Gasteiger partial charge in [0.15, 0.2) is 0 Å². The van der Waals surface area contributed by atoms with Crippen LogP contribution in [0.2, 0.25) is 0 Å². The lowest BCUT2D eigenvalue weighted by Gasteiger charge is -1.86. The Bertz CT molecular complexity index is 101. The maximum atomic E-state index is 9.93. The number of rotatable bonds is 1. The third kappa shape index (κ3) is 2.44. The maximum Gasteiger partial charge on any atom is 0.233 e. The quantitative estimate of drug-likeness (QED) is 0.225. The molecular formula is C2H5NO3S. The summed E-state index contributed by atoms with van der Waals surface area (Å²) in [5, 5.41) is 13.9. The molecule has 4 nitrogen and oxygen atoms in total. The summed E-state index contributed by atoms with van der Waals surface area (Å²) in [7, 11) is 0. The summed E-state index contributed by atoms with van der Waals surface area (Å²) >= 11 is -1.94. The summed E-state index contributed by atoms with van der Waals surface area (Å²) in [6.45, 7) is 1.27. The fourth-order valence-electron chi connectivity index (χ4n) is 0.0559. The van der Waals surface area contributed by atoms with E-state index in [1.165, 1.54) is 6.92 Å². The van der Waals surface area contributed by atoms with Crippen LogP contribution in [0.3, 0.4) is 0 Å². The van der Waals surface area contributed by atoms with Gasteiger partial charge in [0, 0.05) is 0 Å². The van der Waals surface area contributed by atoms with Gasteiger partial charge in [-0.1, -0.05) is 0 Å². The number of hydrogen-bond acceptors (Lipinski definition) is 4. The van der Waals surface area contributed by atoms with Gasteiger partial charge in [-0.25, -0.2) is 9.47 Å². The van der Waals surface area contributed by atoms with Gasteiger partial charge in [0.2, 0.25) is 11.1 Å². The first-order chi connectivity index (χ1) is 3.18. The van der Waals surface area contributed by atoms with E-state index in [9.17, 15) is 4.21 Å². The van der Waals surface area contributed by atoms with Gasteiger partial charge < -0.3 is 0 Å². The first kappa shape index (κ1) is 6.74. The van der Waals surface area contributed by atoms with Crippen LogP contribution in [0.25, 0.3) is 0 Å². The van der Waals surface area contributed by atoms with Gasteiger partial charge in [-0.15, -0.1) is 4.33 Å². The minimum Gasteiger partial charge on any atom is -0.294 e. The van der Waals surface area contributed by atoms with Crippen LogP contribution in [0.1, 0.15) is 6.92 Å². The van der Waals surface area contributed by atoms with Crippen molar-refractivity contribution in [1.29, 1.82) is 5.41 Å². The minimum atomic E-state index is -1.94. The predicted molar refractivity (Wildman–Crippen MR) is 25.3 cm³/mol. The summed E-state index contributed by atoms with van der Waals surface area (Å²) in [6, 6.07) is 0. The Morgan fingerprint density at radius 2 is 2.43 bits per heavy atom. The summed E-state index contributed by atoms with van der Waals surface area (Å²) in [5.74, 6) is 0. The van der Waals surface area contributed by atoms with Crippen LogP contribution >= 0.6 is 0 Å². The molecule has 0 aliphatic carbocycles. The molecule has 0 spiro atoms. The van der Waals surface area contributed by atoms with Crippen molar-refractivity contribution in [2.24, 2.45) is 0 Å². The van der Waals surface area contributed by atoms with Gasteiger partial charge in [0.1, 0.15) is 5.04 Å². The van der Waals surface area contributed by atoms with E-state index in [2.05, 4.69) is 4.33 Å². The molecule has 0 heterocycles. The summed E-state index contributed by atoms with van der Waals surface area (Å²) in [5.41, 5.74) is 0. The molecule has 0 aliphatic heterocycles. The standard InChI is InChI=1S/C2H5NO3S/c1-2(3)7(5)6-4/h3-4H,1H3. The van der Waals surface area contributed by atoms with E-state index < -0.39 is 11.1 Å². The SMILES string of the molecule is CC(=N)S(=O)OO. The molecule has 1 atom stereocenters. The molecule has 0 amide bonds. The average molecular weight is 123 g/mol. The van der Waals surface area contributed by atoms with Crippen molar-refractivity contribution in [3.05, 3.63) is 0 Å². The zero-order chi connectivity index (χ0) is 5.86. The second-order valence-corrected chi connectivity index (χ2v) is 2.10. The van der Waals surface area contributed by atoms with Crippen molar-refractivity contribution in [2.75, 3.05) is 0 Å². The molecule has 42 valence electrons. The highest BCUT2D eigenvalue weighted by Crippen LogP contribution is 1.80. The zero-order valence-electron chi connectivity index (χ0n) is 3.67. The Labute approximate surface area is 43.2 Å². The van der Waals surface area contributed by atoms with Crippen LogP contribution in [-0.4, -0.2) is 14.5 Å². The van der Waals surface area contributed by atoms with E-state index in [0.29, 0.717) is 0 Å². The molecule has 0 aromatic rings. The van der Waals surface area contributed by atoms with Gasteiger partial charge in [0.05, 0.1) is 0 Å². The molecule has 0 fully saturated rings. The van der Waals surface area contributed by atoms with Crippen LogP contribution in [0.5, 0.6) is 0 Å². The lowest BCUT2D eigenvalue weighted by atomic mass is 10.9. The fraction of sp³-hybridized carbons (Fsp3) is 0.500. The topological polar surface area (TPSA) is 70.4 Å². The number of hydrogen-bond donors (Lipinski definition) is 2. The molecule has 0 aromatic heterocycles. The average Bonchev–Trinajstić information content (AvgIpc) is 1.65. The highest BCUT2D eigenvalue weighted by atomic mass is 32.2. The lowest BCUT2D eigenvalue weighted by molar-refractivity contribution is -0.122. The van der Waals surface area contributed by atoms with Crippen LogP contribution in [0.4, 0.5) is 0 Å². The monoisotopic (exact) mass is 123 g/mol. The minimum absolute atomic E-state index is 0.206. The molecular weight excluding hydrogens is 118 g/mol. The van der Waals surface area contributed by atoms with Crippen molar-refractivity contribution in [1.82, 2.24) is 0 Å². The molecule has 0 radical (unpaired) electrons. The summed E-state index contributed by atoms with van der Waals surface area (Å²) < 4.78 is 13.2. The maximum absolute atomic E-state index is 9.93. The largest absolute Gasteiger partial charge is 0.294 e. The van der Waals surface area contributed by atoms with Crippen molar-refractivity contribution < 1.29 is 13.8 Å². The number of nitrogens with one attached hydrogen (secondary N) is 1. The molecule has 1 unspecified atom stereocenters. The van der Waals surface area contributed by atoms with E-state index in [1.54, 1.807) is 0 Å². The van der Waals surface area contributed by atoms with E-state index >= 15 is 0 Å². The van der Waals surface area contributed by atoms with E-state index in [4.69, 9.17) is 10.7 Å². The smallest absolute Gasteiger partial charge is 0.233 e. The molecule has 0 rings (SSSR count). The highest BCUT2D eigenvalue weighted by molar-refractivity contribution is 7.96. The predicted octanol–water partition coefficient (Wildman–Crippen LogP) is 0.137. The molecule has 0 bridgehead atoms. The van der Waals surface area contributed by atoms with Crippen molar-refractivity contribution in [3.8, 4) is 0 Å². The first-order valence-electron chi connectivity index (χ1n) is 1.47. The normalized spacial score (nSPS) is 13.4. The molecule has 0 saturated heterocycles. The fourth-order valence-corrected chi connectivity index (χ4v) is 0.168. The lowest BCUT2D eigenvalue weighted by Crippen LogP contribution is -2.01. The Kier molecular flexibility index (Phi) is 2.73. The molecule has 0 saturated carbocycles. The third-order valence-corrected chi connectivity index (χ3v) is 0.953. The zero-order valence-corrected chi connectivity index (χ0v) is 4.49. The van der Waals surface area contributed by atoms with Gasteiger partial charge in [-0.2, -0.15) is 0 Å². The van der Waals surface area contributed by atoms with Crippen LogP contribution < -0.4 is 0 Å². The Morgan fingerprint density at radius 1 is 2.00 bits per heavy atom. The second-order valence-electron chi connectivity index (χ2n) is 0.865.